The Morgan fingerprint density at radius 3 is 2.72 bits per heavy atom. The lowest BCUT2D eigenvalue weighted by atomic mass is 9.99. The van der Waals surface area contributed by atoms with Crippen LogP contribution in [0.2, 0.25) is 0 Å². The van der Waals surface area contributed by atoms with Gasteiger partial charge in [-0.3, -0.25) is 19.7 Å². The Hall–Kier alpha value is -5.12. The minimum atomic E-state index is -0.679. The summed E-state index contributed by atoms with van der Waals surface area (Å²) >= 11 is 0. The summed E-state index contributed by atoms with van der Waals surface area (Å²) < 4.78 is 7.77. The smallest absolute Gasteiger partial charge is 0.280 e. The van der Waals surface area contributed by atoms with Crippen molar-refractivity contribution in [2.75, 3.05) is 0 Å². The molecule has 3 aromatic heterocycles. The van der Waals surface area contributed by atoms with Crippen LogP contribution in [0.3, 0.4) is 0 Å². The van der Waals surface area contributed by atoms with Gasteiger partial charge >= 0.3 is 0 Å². The molecule has 10 heteroatoms. The minimum absolute atomic E-state index is 0.0555. The monoisotopic (exact) mass is 521 g/mol. The molecule has 0 saturated carbocycles. The fraction of sp³-hybridized carbons (Fsp3) is 0.172. The van der Waals surface area contributed by atoms with Gasteiger partial charge in [0, 0.05) is 42.4 Å². The third kappa shape index (κ3) is 4.15. The van der Waals surface area contributed by atoms with Gasteiger partial charge in [-0.05, 0) is 43.7 Å². The topological polar surface area (TPSA) is 124 Å². The third-order valence-corrected chi connectivity index (χ3v) is 6.93. The number of nitro benzene ring substituents is 1. The fourth-order valence-corrected chi connectivity index (χ4v) is 4.95. The number of aryl methyl sites for hydroxylation is 2. The molecule has 1 aliphatic heterocycles. The van der Waals surface area contributed by atoms with Crippen LogP contribution in [0.4, 0.5) is 5.69 Å². The van der Waals surface area contributed by atoms with Crippen molar-refractivity contribution in [2.45, 2.75) is 32.9 Å². The summed E-state index contributed by atoms with van der Waals surface area (Å²) in [7, 11) is 0. The van der Waals surface area contributed by atoms with Gasteiger partial charge in [0.1, 0.15) is 22.5 Å². The molecule has 0 aliphatic carbocycles. The third-order valence-electron chi connectivity index (χ3n) is 6.93. The van der Waals surface area contributed by atoms with Gasteiger partial charge in [-0.15, -0.1) is 0 Å². The lowest BCUT2D eigenvalue weighted by molar-refractivity contribution is -0.384. The zero-order valence-electron chi connectivity index (χ0n) is 21.2. The second-order valence-corrected chi connectivity index (χ2v) is 9.40. The van der Waals surface area contributed by atoms with Crippen LogP contribution in [0, 0.1) is 17.0 Å². The number of nitrogens with zero attached hydrogens (tertiary/aromatic N) is 5. The van der Waals surface area contributed by atoms with Crippen LogP contribution < -0.4 is 5.43 Å². The number of hydrogen-bond donors (Lipinski definition) is 0. The zero-order chi connectivity index (χ0) is 27.3. The number of aromatic nitrogens is 2. The predicted molar refractivity (Wildman–Crippen MR) is 146 cm³/mol. The van der Waals surface area contributed by atoms with E-state index in [1.165, 1.54) is 23.3 Å². The molecule has 0 radical (unpaired) electrons. The fourth-order valence-electron chi connectivity index (χ4n) is 4.95. The van der Waals surface area contributed by atoms with Crippen LogP contribution in [0.15, 0.2) is 87.2 Å². The van der Waals surface area contributed by atoms with Gasteiger partial charge in [-0.1, -0.05) is 30.3 Å². The average Bonchev–Trinajstić information content (AvgIpc) is 3.58. The lowest BCUT2D eigenvalue weighted by Crippen LogP contribution is -2.32. The van der Waals surface area contributed by atoms with E-state index in [-0.39, 0.29) is 17.7 Å². The largest absolute Gasteiger partial charge is 0.455 e. The molecule has 2 aromatic carbocycles. The molecule has 1 atom stereocenters. The number of amides is 1. The van der Waals surface area contributed by atoms with Crippen LogP contribution in [0.5, 0.6) is 0 Å². The minimum Gasteiger partial charge on any atom is -0.455 e. The summed E-state index contributed by atoms with van der Waals surface area (Å²) in [6.45, 7) is 4.24. The number of pyridine rings is 2. The first-order valence-electron chi connectivity index (χ1n) is 12.5. The second-order valence-electron chi connectivity index (χ2n) is 9.40. The van der Waals surface area contributed by atoms with E-state index in [1.807, 2.05) is 44.2 Å². The number of hydrazone groups is 1. The van der Waals surface area contributed by atoms with E-state index in [9.17, 15) is 19.7 Å². The summed E-state index contributed by atoms with van der Waals surface area (Å²) in [6, 6.07) is 18.2. The number of nitro groups is 1. The zero-order valence-corrected chi connectivity index (χ0v) is 21.2. The van der Waals surface area contributed by atoms with Gasteiger partial charge in [0.05, 0.1) is 16.4 Å². The highest BCUT2D eigenvalue weighted by atomic mass is 16.6. The molecule has 39 heavy (non-hydrogen) atoms. The first-order chi connectivity index (χ1) is 18.8. The predicted octanol–water partition coefficient (Wildman–Crippen LogP) is 5.37. The number of carbonyl (C=O) groups excluding carboxylic acids is 1. The molecule has 1 unspecified atom stereocenters. The quantitative estimate of drug-likeness (QED) is 0.226. The van der Waals surface area contributed by atoms with Gasteiger partial charge < -0.3 is 8.98 Å². The Balaban J connectivity index is 1.49. The van der Waals surface area contributed by atoms with Crippen LogP contribution in [-0.4, -0.2) is 31.1 Å². The normalized spacial score (nSPS) is 15.2. The van der Waals surface area contributed by atoms with Crippen LogP contribution >= 0.6 is 0 Å². The Kier molecular flexibility index (Phi) is 5.79. The Bertz CT molecular complexity index is 1850. The Morgan fingerprint density at radius 1 is 1.13 bits per heavy atom. The molecule has 4 heterocycles. The van der Waals surface area contributed by atoms with Crippen molar-refractivity contribution in [3.63, 3.8) is 0 Å². The highest BCUT2D eigenvalue weighted by Gasteiger charge is 2.36. The molecular weight excluding hydrogens is 498 g/mol. The maximum Gasteiger partial charge on any atom is 0.280 e. The van der Waals surface area contributed by atoms with Gasteiger partial charge in [0.2, 0.25) is 5.43 Å². The van der Waals surface area contributed by atoms with Crippen LogP contribution in [0.25, 0.3) is 22.0 Å². The number of carbonyl (C=O) groups is 1. The molecule has 0 fully saturated rings. The average molecular weight is 522 g/mol. The van der Waals surface area contributed by atoms with Crippen molar-refractivity contribution < 1.29 is 14.1 Å². The van der Waals surface area contributed by atoms with Gasteiger partial charge in [0.25, 0.3) is 11.6 Å². The molecule has 0 saturated heterocycles. The Morgan fingerprint density at radius 2 is 1.95 bits per heavy atom. The molecule has 0 N–H and O–H groups in total. The van der Waals surface area contributed by atoms with Crippen molar-refractivity contribution in [3.05, 3.63) is 116 Å². The van der Waals surface area contributed by atoms with Crippen LogP contribution in [-0.2, 0) is 6.54 Å². The molecule has 1 amide bonds. The summed E-state index contributed by atoms with van der Waals surface area (Å²) in [5.41, 5.74) is 2.37. The van der Waals surface area contributed by atoms with Gasteiger partial charge in [0.15, 0.2) is 5.76 Å². The summed E-state index contributed by atoms with van der Waals surface area (Å²) in [5.74, 6) is -0.113. The summed E-state index contributed by atoms with van der Waals surface area (Å²) in [6.07, 6.45) is 1.77. The van der Waals surface area contributed by atoms with E-state index in [2.05, 4.69) is 10.1 Å². The second kappa shape index (κ2) is 9.32. The summed E-state index contributed by atoms with van der Waals surface area (Å²) in [5, 5.41) is 18.6. The molecular formula is C29H23N5O5. The van der Waals surface area contributed by atoms with E-state index in [1.54, 1.807) is 28.8 Å². The number of furan rings is 1. The summed E-state index contributed by atoms with van der Waals surface area (Å²) in [4.78, 5) is 43.0. The number of non-ortho nitro benzene ring substituents is 1. The first kappa shape index (κ1) is 24.2. The van der Waals surface area contributed by atoms with Gasteiger partial charge in [-0.2, -0.15) is 5.10 Å². The number of rotatable bonds is 5. The molecule has 1 aliphatic rings. The van der Waals surface area contributed by atoms with E-state index in [0.29, 0.717) is 40.2 Å². The standard InChI is InChI=1S/C29H23N5O5/c1-3-32-16-22(27(35)21-12-11-17(2)30-28(21)32)29(36)33-24(18-8-6-9-20(13-18)34(37)38)15-23(31-33)26-14-19-7-4-5-10-25(19)39-26/h4-14,16,24H,3,15H2,1-2H3. The number of hydrogen-bond acceptors (Lipinski definition) is 7. The molecule has 6 rings (SSSR count). The van der Waals surface area contributed by atoms with Crippen molar-refractivity contribution in [1.29, 1.82) is 0 Å². The van der Waals surface area contributed by atoms with Crippen molar-refractivity contribution >= 4 is 39.3 Å². The van der Waals surface area contributed by atoms with E-state index >= 15 is 0 Å². The number of benzene rings is 2. The van der Waals surface area contributed by atoms with Crippen molar-refractivity contribution in [1.82, 2.24) is 14.6 Å². The lowest BCUT2D eigenvalue weighted by Gasteiger charge is -2.22. The highest BCUT2D eigenvalue weighted by Crippen LogP contribution is 2.36. The molecule has 0 bridgehead atoms. The number of para-hydroxylation sites is 1. The van der Waals surface area contributed by atoms with E-state index in [0.717, 1.165) is 11.1 Å². The first-order valence-corrected chi connectivity index (χ1v) is 12.5. The highest BCUT2D eigenvalue weighted by molar-refractivity contribution is 6.05. The SMILES string of the molecule is CCn1cc(C(=O)N2N=C(c3cc4ccccc4o3)CC2c2cccc([N+](=O)[O-])c2)c(=O)c2ccc(C)nc21. The van der Waals surface area contributed by atoms with E-state index < -0.39 is 22.3 Å². The molecule has 0 spiro atoms. The maximum atomic E-state index is 14.0. The Labute approximate surface area is 222 Å². The van der Waals surface area contributed by atoms with Gasteiger partial charge in [-0.25, -0.2) is 9.99 Å². The maximum absolute atomic E-state index is 14.0. The van der Waals surface area contributed by atoms with E-state index in [4.69, 9.17) is 4.42 Å². The molecule has 194 valence electrons. The van der Waals surface area contributed by atoms with Crippen molar-refractivity contribution in [2.24, 2.45) is 5.10 Å². The van der Waals surface area contributed by atoms with Crippen LogP contribution in [0.1, 0.15) is 46.8 Å². The number of fused-ring (bicyclic) bond motifs is 2. The molecule has 5 aromatic rings. The molecule has 10 nitrogen and oxygen atoms in total. The van der Waals surface area contributed by atoms with Crippen molar-refractivity contribution in [3.8, 4) is 0 Å².